The minimum atomic E-state index is -0.392. The van der Waals surface area contributed by atoms with Gasteiger partial charge in [-0.25, -0.2) is 0 Å². The molecule has 0 spiro atoms. The van der Waals surface area contributed by atoms with Gasteiger partial charge < -0.3 is 19.2 Å². The Kier molecular flexibility index (Phi) is 3.50. The summed E-state index contributed by atoms with van der Waals surface area (Å²) in [6.45, 7) is 1.10. The lowest BCUT2D eigenvalue weighted by Gasteiger charge is -2.13. The van der Waals surface area contributed by atoms with Crippen LogP contribution >= 0.6 is 0 Å². The number of hydrogen-bond donors (Lipinski definition) is 1. The number of nitrogens with zero attached hydrogens (tertiary/aromatic N) is 3. The van der Waals surface area contributed by atoms with Crippen LogP contribution in [0.25, 0.3) is 11.5 Å². The molecule has 0 amide bonds. The van der Waals surface area contributed by atoms with Crippen molar-refractivity contribution in [3.63, 3.8) is 0 Å². The Balaban J connectivity index is 2.02. The predicted molar refractivity (Wildman–Crippen MR) is 76.0 cm³/mol. The van der Waals surface area contributed by atoms with Crippen LogP contribution in [0, 0.1) is 11.3 Å². The maximum absolute atomic E-state index is 9.62. The number of ether oxygens (including phenoxy) is 1. The Hall–Kier alpha value is -2.52. The molecule has 1 aliphatic rings. The van der Waals surface area contributed by atoms with E-state index in [9.17, 15) is 10.4 Å². The molecular formula is C15H15N3O3. The molecule has 1 aromatic carbocycles. The molecular weight excluding hydrogens is 270 g/mol. The fourth-order valence-electron chi connectivity index (χ4n) is 2.46. The quantitative estimate of drug-likeness (QED) is 0.925. The van der Waals surface area contributed by atoms with Gasteiger partial charge in [0.1, 0.15) is 11.8 Å². The molecule has 6 heteroatoms. The number of β-amino-alcohol motifs (C(OH)–C–C–N with tert-alkyl or cyclic N) is 1. The molecule has 3 rings (SSSR count). The molecule has 0 saturated carbocycles. The Morgan fingerprint density at radius 1 is 1.48 bits per heavy atom. The molecule has 1 aromatic heterocycles. The van der Waals surface area contributed by atoms with E-state index in [0.717, 1.165) is 0 Å². The van der Waals surface area contributed by atoms with Gasteiger partial charge in [-0.2, -0.15) is 10.2 Å². The fourth-order valence-corrected chi connectivity index (χ4v) is 2.46. The number of hydrogen-bond acceptors (Lipinski definition) is 6. The van der Waals surface area contributed by atoms with Crippen molar-refractivity contribution in [1.29, 1.82) is 5.26 Å². The second kappa shape index (κ2) is 5.46. The summed E-state index contributed by atoms with van der Waals surface area (Å²) in [5, 5.41) is 18.9. The van der Waals surface area contributed by atoms with E-state index in [1.165, 1.54) is 0 Å². The minimum absolute atomic E-state index is 0.227. The fraction of sp³-hybridized carbons (Fsp3) is 0.333. The molecule has 0 unspecified atom stereocenters. The van der Waals surface area contributed by atoms with Crippen molar-refractivity contribution in [1.82, 2.24) is 4.98 Å². The first-order valence-electron chi connectivity index (χ1n) is 6.70. The third kappa shape index (κ3) is 2.43. The lowest BCUT2D eigenvalue weighted by molar-refractivity contribution is 0.198. The van der Waals surface area contributed by atoms with Gasteiger partial charge in [-0.3, -0.25) is 0 Å². The SMILES string of the molecule is COc1ccccc1-c1nc(C#N)c(N2CC[C@H](O)C2)o1. The zero-order valence-corrected chi connectivity index (χ0v) is 11.6. The van der Waals surface area contributed by atoms with Gasteiger partial charge in [0.05, 0.1) is 18.8 Å². The summed E-state index contributed by atoms with van der Waals surface area (Å²) in [5.74, 6) is 1.39. The first-order valence-corrected chi connectivity index (χ1v) is 6.70. The lowest BCUT2D eigenvalue weighted by atomic mass is 10.2. The number of methoxy groups -OCH3 is 1. The number of nitriles is 1. The van der Waals surface area contributed by atoms with E-state index in [4.69, 9.17) is 9.15 Å². The van der Waals surface area contributed by atoms with E-state index in [2.05, 4.69) is 4.98 Å². The summed E-state index contributed by atoms with van der Waals surface area (Å²) in [7, 11) is 1.57. The standard InChI is InChI=1S/C15H15N3O3/c1-20-13-5-3-2-4-11(13)14-17-12(8-16)15(21-14)18-7-6-10(19)9-18/h2-5,10,19H,6-7,9H2,1H3/t10-/m0/s1. The molecule has 1 aliphatic heterocycles. The average molecular weight is 285 g/mol. The van der Waals surface area contributed by atoms with Gasteiger partial charge >= 0.3 is 0 Å². The van der Waals surface area contributed by atoms with Gasteiger partial charge in [-0.15, -0.1) is 0 Å². The molecule has 1 fully saturated rings. The monoisotopic (exact) mass is 285 g/mol. The topological polar surface area (TPSA) is 82.5 Å². The van der Waals surface area contributed by atoms with Gasteiger partial charge in [0.15, 0.2) is 0 Å². The first kappa shape index (κ1) is 13.5. The predicted octanol–water partition coefficient (Wildman–Crippen LogP) is 1.79. The second-order valence-corrected chi connectivity index (χ2v) is 4.87. The number of aliphatic hydroxyl groups excluding tert-OH is 1. The number of para-hydroxylation sites is 1. The Bertz CT molecular complexity index is 690. The Labute approximate surface area is 122 Å². The summed E-state index contributed by atoms with van der Waals surface area (Å²) in [4.78, 5) is 6.09. The Morgan fingerprint density at radius 2 is 2.29 bits per heavy atom. The van der Waals surface area contributed by atoms with Crippen molar-refractivity contribution in [3.05, 3.63) is 30.0 Å². The molecule has 6 nitrogen and oxygen atoms in total. The van der Waals surface area contributed by atoms with Crippen LogP contribution in [-0.4, -0.2) is 36.4 Å². The van der Waals surface area contributed by atoms with Gasteiger partial charge in [-0.05, 0) is 18.6 Å². The summed E-state index contributed by atoms with van der Waals surface area (Å²) in [6, 6.07) is 9.39. The van der Waals surface area contributed by atoms with Crippen LogP contribution in [0.1, 0.15) is 12.1 Å². The van der Waals surface area contributed by atoms with Crippen molar-refractivity contribution in [2.24, 2.45) is 0 Å². The molecule has 1 saturated heterocycles. The maximum atomic E-state index is 9.62. The summed E-state index contributed by atoms with van der Waals surface area (Å²) < 4.78 is 11.1. The normalized spacial score (nSPS) is 17.8. The number of anilines is 1. The van der Waals surface area contributed by atoms with Crippen molar-refractivity contribution in [3.8, 4) is 23.3 Å². The number of aliphatic hydroxyl groups is 1. The van der Waals surface area contributed by atoms with Crippen LogP contribution in [0.5, 0.6) is 5.75 Å². The Morgan fingerprint density at radius 3 is 2.95 bits per heavy atom. The first-order chi connectivity index (χ1) is 10.2. The highest BCUT2D eigenvalue weighted by Gasteiger charge is 2.27. The molecule has 0 aliphatic carbocycles. The summed E-state index contributed by atoms with van der Waals surface area (Å²) in [6.07, 6.45) is 0.270. The number of benzene rings is 1. The highest BCUT2D eigenvalue weighted by Crippen LogP contribution is 2.34. The summed E-state index contributed by atoms with van der Waals surface area (Å²) in [5.41, 5.74) is 0.924. The zero-order valence-electron chi connectivity index (χ0n) is 11.6. The highest BCUT2D eigenvalue weighted by molar-refractivity contribution is 5.66. The van der Waals surface area contributed by atoms with E-state index in [-0.39, 0.29) is 5.69 Å². The largest absolute Gasteiger partial charge is 0.496 e. The molecule has 108 valence electrons. The van der Waals surface area contributed by atoms with Crippen molar-refractivity contribution >= 4 is 5.88 Å². The molecule has 2 heterocycles. The van der Waals surface area contributed by atoms with E-state index in [1.54, 1.807) is 7.11 Å². The second-order valence-electron chi connectivity index (χ2n) is 4.87. The van der Waals surface area contributed by atoms with Crippen LogP contribution in [0.2, 0.25) is 0 Å². The van der Waals surface area contributed by atoms with Crippen molar-refractivity contribution in [2.75, 3.05) is 25.1 Å². The van der Waals surface area contributed by atoms with Gasteiger partial charge in [0, 0.05) is 13.1 Å². The van der Waals surface area contributed by atoms with E-state index in [1.807, 2.05) is 35.2 Å². The molecule has 0 radical (unpaired) electrons. The highest BCUT2D eigenvalue weighted by atomic mass is 16.5. The van der Waals surface area contributed by atoms with Crippen molar-refractivity contribution in [2.45, 2.75) is 12.5 Å². The molecule has 0 bridgehead atoms. The average Bonchev–Trinajstić information content (AvgIpc) is 3.12. The third-order valence-corrected chi connectivity index (χ3v) is 3.50. The van der Waals surface area contributed by atoms with Gasteiger partial charge in [0.25, 0.3) is 0 Å². The van der Waals surface area contributed by atoms with E-state index < -0.39 is 6.10 Å². The number of oxazole rings is 1. The molecule has 1 N–H and O–H groups in total. The summed E-state index contributed by atoms with van der Waals surface area (Å²) >= 11 is 0. The van der Waals surface area contributed by atoms with Crippen molar-refractivity contribution < 1.29 is 14.3 Å². The molecule has 1 atom stereocenters. The van der Waals surface area contributed by atoms with E-state index in [0.29, 0.717) is 42.6 Å². The van der Waals surface area contributed by atoms with Gasteiger partial charge in [-0.1, -0.05) is 12.1 Å². The van der Waals surface area contributed by atoms with Crippen LogP contribution in [0.3, 0.4) is 0 Å². The molecule has 2 aromatic rings. The van der Waals surface area contributed by atoms with Crippen LogP contribution in [0.15, 0.2) is 28.7 Å². The minimum Gasteiger partial charge on any atom is -0.496 e. The van der Waals surface area contributed by atoms with Crippen LogP contribution in [0.4, 0.5) is 5.88 Å². The zero-order chi connectivity index (χ0) is 14.8. The van der Waals surface area contributed by atoms with Crippen LogP contribution in [-0.2, 0) is 0 Å². The number of rotatable bonds is 3. The third-order valence-electron chi connectivity index (χ3n) is 3.50. The molecule has 21 heavy (non-hydrogen) atoms. The van der Waals surface area contributed by atoms with E-state index >= 15 is 0 Å². The van der Waals surface area contributed by atoms with Gasteiger partial charge in [0.2, 0.25) is 17.5 Å². The maximum Gasteiger partial charge on any atom is 0.235 e. The van der Waals surface area contributed by atoms with Crippen LogP contribution < -0.4 is 9.64 Å². The number of aromatic nitrogens is 1. The smallest absolute Gasteiger partial charge is 0.235 e. The lowest BCUT2D eigenvalue weighted by Crippen LogP contribution is -2.21.